The summed E-state index contributed by atoms with van der Waals surface area (Å²) in [7, 11) is 0. The fraction of sp³-hybridized carbons (Fsp3) is 0.429. The number of nitrogens with one attached hydrogen (secondary N) is 1. The van der Waals surface area contributed by atoms with Gasteiger partial charge in [0.25, 0.3) is 5.91 Å². The van der Waals surface area contributed by atoms with Gasteiger partial charge in [0.05, 0.1) is 6.42 Å². The van der Waals surface area contributed by atoms with Gasteiger partial charge in [-0.15, -0.1) is 0 Å². The van der Waals surface area contributed by atoms with Crippen molar-refractivity contribution in [2.45, 2.75) is 32.6 Å². The second kappa shape index (κ2) is 7.57. The van der Waals surface area contributed by atoms with E-state index in [4.69, 9.17) is 5.11 Å². The summed E-state index contributed by atoms with van der Waals surface area (Å²) in [6.45, 7) is 1.83. The Kier molecular flexibility index (Phi) is 6.09. The number of hydrogen-bond acceptors (Lipinski definition) is 2. The van der Waals surface area contributed by atoms with E-state index < -0.39 is 23.5 Å². The van der Waals surface area contributed by atoms with Crippen LogP contribution in [-0.4, -0.2) is 23.5 Å². The van der Waals surface area contributed by atoms with Crippen LogP contribution in [0.4, 0.5) is 8.78 Å². The molecule has 0 heterocycles. The molecular formula is C14H17F2NO3. The molecule has 1 aromatic rings. The van der Waals surface area contributed by atoms with Crippen molar-refractivity contribution in [1.82, 2.24) is 5.32 Å². The van der Waals surface area contributed by atoms with Gasteiger partial charge in [-0.2, -0.15) is 0 Å². The summed E-state index contributed by atoms with van der Waals surface area (Å²) in [5.41, 5.74) is -0.167. The van der Waals surface area contributed by atoms with Crippen LogP contribution in [0.15, 0.2) is 12.1 Å². The second-order valence-corrected chi connectivity index (χ2v) is 4.42. The fourth-order valence-electron chi connectivity index (χ4n) is 1.71. The van der Waals surface area contributed by atoms with E-state index in [1.807, 2.05) is 6.92 Å². The first-order valence-corrected chi connectivity index (χ1v) is 6.43. The van der Waals surface area contributed by atoms with Gasteiger partial charge in [0, 0.05) is 17.7 Å². The molecule has 0 spiro atoms. The number of benzene rings is 1. The van der Waals surface area contributed by atoms with E-state index in [2.05, 4.69) is 5.32 Å². The van der Waals surface area contributed by atoms with Crippen LogP contribution in [0.2, 0.25) is 0 Å². The molecule has 0 unspecified atom stereocenters. The van der Waals surface area contributed by atoms with Gasteiger partial charge in [-0.1, -0.05) is 13.3 Å². The van der Waals surface area contributed by atoms with E-state index in [1.54, 1.807) is 0 Å². The topological polar surface area (TPSA) is 66.4 Å². The van der Waals surface area contributed by atoms with E-state index in [9.17, 15) is 18.4 Å². The first-order valence-electron chi connectivity index (χ1n) is 6.43. The number of carboxylic acid groups (broad SMARTS) is 1. The molecule has 0 bridgehead atoms. The van der Waals surface area contributed by atoms with Gasteiger partial charge in [-0.25, -0.2) is 8.78 Å². The van der Waals surface area contributed by atoms with Gasteiger partial charge in [0.15, 0.2) is 0 Å². The quantitative estimate of drug-likeness (QED) is 0.809. The Hall–Kier alpha value is -1.98. The summed E-state index contributed by atoms with van der Waals surface area (Å²) in [4.78, 5) is 21.9. The summed E-state index contributed by atoms with van der Waals surface area (Å²) in [6, 6.07) is 1.95. The minimum absolute atomic E-state index is 0.0195. The molecule has 0 atom stereocenters. The molecule has 0 aliphatic rings. The molecule has 2 N–H and O–H groups in total. The largest absolute Gasteiger partial charge is 0.481 e. The zero-order valence-corrected chi connectivity index (χ0v) is 11.2. The molecule has 110 valence electrons. The second-order valence-electron chi connectivity index (χ2n) is 4.42. The normalized spacial score (nSPS) is 10.3. The van der Waals surface area contributed by atoms with E-state index in [-0.39, 0.29) is 30.5 Å². The molecule has 1 amide bonds. The summed E-state index contributed by atoms with van der Waals surface area (Å²) < 4.78 is 27.5. The predicted octanol–water partition coefficient (Wildman–Crippen LogP) is 2.51. The molecular weight excluding hydrogens is 268 g/mol. The van der Waals surface area contributed by atoms with Crippen molar-refractivity contribution in [3.63, 3.8) is 0 Å². The smallest absolute Gasteiger partial charge is 0.305 e. The molecule has 0 saturated heterocycles. The summed E-state index contributed by atoms with van der Waals surface area (Å²) in [5.74, 6) is -3.24. The van der Waals surface area contributed by atoms with Gasteiger partial charge < -0.3 is 10.4 Å². The number of carbonyl (C=O) groups excluding carboxylic acids is 1. The Morgan fingerprint density at radius 2 is 1.85 bits per heavy atom. The van der Waals surface area contributed by atoms with E-state index in [0.717, 1.165) is 18.6 Å². The van der Waals surface area contributed by atoms with Gasteiger partial charge in [0.1, 0.15) is 11.6 Å². The lowest BCUT2D eigenvalue weighted by molar-refractivity contribution is -0.136. The average molecular weight is 285 g/mol. The molecule has 6 heteroatoms. The maximum atomic E-state index is 13.7. The third-order valence-corrected chi connectivity index (χ3v) is 2.81. The van der Waals surface area contributed by atoms with Crippen LogP contribution in [0.5, 0.6) is 0 Å². The summed E-state index contributed by atoms with van der Waals surface area (Å²) in [6.07, 6.45) is 1.52. The van der Waals surface area contributed by atoms with Gasteiger partial charge in [0.2, 0.25) is 0 Å². The Bertz CT molecular complexity index is 480. The first-order chi connectivity index (χ1) is 9.45. The minimum Gasteiger partial charge on any atom is -0.481 e. The first kappa shape index (κ1) is 16.1. The number of unbranched alkanes of at least 4 members (excludes halogenated alkanes) is 1. The summed E-state index contributed by atoms with van der Waals surface area (Å²) in [5, 5.41) is 10.7. The number of carbonyl (C=O) groups is 2. The highest BCUT2D eigenvalue weighted by atomic mass is 19.1. The van der Waals surface area contributed by atoms with Gasteiger partial charge >= 0.3 is 5.97 Å². The van der Waals surface area contributed by atoms with Crippen molar-refractivity contribution < 1.29 is 23.5 Å². The van der Waals surface area contributed by atoms with E-state index in [1.165, 1.54) is 0 Å². The monoisotopic (exact) mass is 285 g/mol. The number of halogens is 2. The lowest BCUT2D eigenvalue weighted by Crippen LogP contribution is -2.26. The highest BCUT2D eigenvalue weighted by Gasteiger charge is 2.14. The minimum atomic E-state index is -1.06. The molecule has 20 heavy (non-hydrogen) atoms. The standard InChI is InChI=1S/C14H17F2NO3/c1-2-3-4-10-11(15)7-9(8-12(10)16)14(20)17-6-5-13(18)19/h7-8H,2-6H2,1H3,(H,17,20)(H,18,19). The van der Waals surface area contributed by atoms with Crippen LogP contribution >= 0.6 is 0 Å². The zero-order chi connectivity index (χ0) is 15.1. The van der Waals surface area contributed by atoms with Gasteiger partial charge in [-0.05, 0) is 25.0 Å². The van der Waals surface area contributed by atoms with Crippen molar-refractivity contribution in [1.29, 1.82) is 0 Å². The fourth-order valence-corrected chi connectivity index (χ4v) is 1.71. The number of aliphatic carboxylic acids is 1. The SMILES string of the molecule is CCCCc1c(F)cc(C(=O)NCCC(=O)O)cc1F. The Labute approximate surface area is 115 Å². The zero-order valence-electron chi connectivity index (χ0n) is 11.2. The van der Waals surface area contributed by atoms with E-state index in [0.29, 0.717) is 6.42 Å². The maximum Gasteiger partial charge on any atom is 0.305 e. The molecule has 1 aromatic carbocycles. The van der Waals surface area contributed by atoms with Crippen LogP contribution in [0, 0.1) is 11.6 Å². The highest BCUT2D eigenvalue weighted by molar-refractivity contribution is 5.94. The molecule has 1 rings (SSSR count). The number of carboxylic acids is 1. The lowest BCUT2D eigenvalue weighted by atomic mass is 10.0. The number of rotatable bonds is 7. The van der Waals surface area contributed by atoms with Crippen LogP contribution in [0.1, 0.15) is 42.1 Å². The average Bonchev–Trinajstić information content (AvgIpc) is 2.37. The molecule has 0 radical (unpaired) electrons. The highest BCUT2D eigenvalue weighted by Crippen LogP contribution is 2.18. The predicted molar refractivity (Wildman–Crippen MR) is 69.6 cm³/mol. The molecule has 0 aromatic heterocycles. The van der Waals surface area contributed by atoms with Crippen molar-refractivity contribution in [2.24, 2.45) is 0 Å². The Balaban J connectivity index is 2.76. The van der Waals surface area contributed by atoms with Gasteiger partial charge in [-0.3, -0.25) is 9.59 Å². The molecule has 4 nitrogen and oxygen atoms in total. The maximum absolute atomic E-state index is 13.7. The number of amides is 1. The Morgan fingerprint density at radius 3 is 2.35 bits per heavy atom. The third-order valence-electron chi connectivity index (χ3n) is 2.81. The van der Waals surface area contributed by atoms with Crippen LogP contribution in [-0.2, 0) is 11.2 Å². The van der Waals surface area contributed by atoms with Crippen LogP contribution < -0.4 is 5.32 Å². The van der Waals surface area contributed by atoms with Crippen LogP contribution in [0.25, 0.3) is 0 Å². The summed E-state index contributed by atoms with van der Waals surface area (Å²) >= 11 is 0. The van der Waals surface area contributed by atoms with E-state index >= 15 is 0 Å². The molecule has 0 aliphatic heterocycles. The molecule has 0 aliphatic carbocycles. The Morgan fingerprint density at radius 1 is 1.25 bits per heavy atom. The lowest BCUT2D eigenvalue weighted by Gasteiger charge is -2.08. The van der Waals surface area contributed by atoms with Crippen molar-refractivity contribution in [3.8, 4) is 0 Å². The van der Waals surface area contributed by atoms with Crippen molar-refractivity contribution in [3.05, 3.63) is 34.9 Å². The van der Waals surface area contributed by atoms with Crippen molar-refractivity contribution in [2.75, 3.05) is 6.54 Å². The van der Waals surface area contributed by atoms with Crippen molar-refractivity contribution >= 4 is 11.9 Å². The van der Waals surface area contributed by atoms with Crippen LogP contribution in [0.3, 0.4) is 0 Å². The molecule has 0 saturated carbocycles. The number of hydrogen-bond donors (Lipinski definition) is 2. The third kappa shape index (κ3) is 4.60. The molecule has 0 fully saturated rings.